The molecule has 0 saturated carbocycles. The number of carbonyl (C=O) groups is 2. The van der Waals surface area contributed by atoms with Crippen molar-refractivity contribution >= 4 is 34.2 Å². The topological polar surface area (TPSA) is 129 Å². The molecule has 208 valence electrons. The van der Waals surface area contributed by atoms with E-state index in [9.17, 15) is 28.0 Å². The Hall–Kier alpha value is -5.00. The lowest BCUT2D eigenvalue weighted by Gasteiger charge is -2.18. The predicted molar refractivity (Wildman–Crippen MR) is 147 cm³/mol. The van der Waals surface area contributed by atoms with Crippen LogP contribution in [0.3, 0.4) is 0 Å². The van der Waals surface area contributed by atoms with Crippen LogP contribution in [0.15, 0.2) is 64.2 Å². The standard InChI is InChI=1S/C28H27F2N5O5/c1-33(2)18-9-10-23-19(14-18)26(37)35(28(39)34(23)3)17-7-5-15(6-8-17)11-22(27(38)40-4)32-25(36)24-20(29)12-16(31)13-21(24)30/h5-10,12-14,22H,11,31H2,1-4H3,(H,32,36)/t22-/m0/s1. The number of amides is 1. The van der Waals surface area contributed by atoms with Crippen molar-refractivity contribution in [2.45, 2.75) is 12.5 Å². The molecular weight excluding hydrogens is 524 g/mol. The lowest BCUT2D eigenvalue weighted by molar-refractivity contribution is -0.142. The summed E-state index contributed by atoms with van der Waals surface area (Å²) in [5.41, 5.74) is 5.35. The molecule has 0 spiro atoms. The molecule has 0 aliphatic rings. The summed E-state index contributed by atoms with van der Waals surface area (Å²) in [6.45, 7) is 0. The van der Waals surface area contributed by atoms with E-state index in [2.05, 4.69) is 5.32 Å². The van der Waals surface area contributed by atoms with Gasteiger partial charge in [0.1, 0.15) is 23.2 Å². The van der Waals surface area contributed by atoms with Crippen molar-refractivity contribution < 1.29 is 23.1 Å². The highest BCUT2D eigenvalue weighted by atomic mass is 19.1. The van der Waals surface area contributed by atoms with Gasteiger partial charge in [0.05, 0.1) is 23.7 Å². The fourth-order valence-electron chi connectivity index (χ4n) is 4.35. The molecule has 0 bridgehead atoms. The van der Waals surface area contributed by atoms with Crippen LogP contribution in [0.5, 0.6) is 0 Å². The molecule has 0 unspecified atom stereocenters. The molecule has 4 rings (SSSR count). The van der Waals surface area contributed by atoms with Crippen molar-refractivity contribution in [3.63, 3.8) is 0 Å². The number of aryl methyl sites for hydroxylation is 1. The van der Waals surface area contributed by atoms with Gasteiger partial charge in [-0.3, -0.25) is 14.2 Å². The van der Waals surface area contributed by atoms with Gasteiger partial charge in [0, 0.05) is 38.9 Å². The molecule has 1 atom stereocenters. The van der Waals surface area contributed by atoms with Crippen molar-refractivity contribution in [1.82, 2.24) is 14.5 Å². The van der Waals surface area contributed by atoms with E-state index in [1.165, 1.54) is 16.7 Å². The van der Waals surface area contributed by atoms with Gasteiger partial charge >= 0.3 is 11.7 Å². The van der Waals surface area contributed by atoms with Crippen molar-refractivity contribution in [2.75, 3.05) is 31.8 Å². The van der Waals surface area contributed by atoms with Crippen LogP contribution in [0.25, 0.3) is 16.6 Å². The molecular formula is C28H27F2N5O5. The Morgan fingerprint density at radius 2 is 1.65 bits per heavy atom. The first kappa shape index (κ1) is 28.0. The number of ether oxygens (including phenoxy) is 1. The van der Waals surface area contributed by atoms with Crippen LogP contribution >= 0.6 is 0 Å². The number of nitrogen functional groups attached to an aromatic ring is 1. The van der Waals surface area contributed by atoms with Gasteiger partial charge in [-0.25, -0.2) is 22.9 Å². The van der Waals surface area contributed by atoms with E-state index >= 15 is 0 Å². The Bertz CT molecular complexity index is 1720. The van der Waals surface area contributed by atoms with Crippen molar-refractivity contribution in [2.24, 2.45) is 7.05 Å². The lowest BCUT2D eigenvalue weighted by Crippen LogP contribution is -2.43. The zero-order valence-corrected chi connectivity index (χ0v) is 22.2. The maximum Gasteiger partial charge on any atom is 0.335 e. The predicted octanol–water partition coefficient (Wildman–Crippen LogP) is 2.13. The van der Waals surface area contributed by atoms with Gasteiger partial charge in [0.15, 0.2) is 0 Å². The molecule has 4 aromatic rings. The molecule has 0 saturated heterocycles. The second-order valence-corrected chi connectivity index (χ2v) is 9.36. The van der Waals surface area contributed by atoms with E-state index in [4.69, 9.17) is 10.5 Å². The Morgan fingerprint density at radius 1 is 1.02 bits per heavy atom. The van der Waals surface area contributed by atoms with Crippen LogP contribution in [-0.4, -0.2) is 48.3 Å². The van der Waals surface area contributed by atoms with Crippen molar-refractivity contribution in [1.29, 1.82) is 0 Å². The van der Waals surface area contributed by atoms with Gasteiger partial charge in [0.25, 0.3) is 11.5 Å². The zero-order valence-electron chi connectivity index (χ0n) is 22.2. The number of halogens is 2. The van der Waals surface area contributed by atoms with Gasteiger partial charge in [-0.1, -0.05) is 12.1 Å². The summed E-state index contributed by atoms with van der Waals surface area (Å²) in [7, 11) is 6.36. The quantitative estimate of drug-likeness (QED) is 0.266. The number of esters is 1. The van der Waals surface area contributed by atoms with E-state index in [-0.39, 0.29) is 17.8 Å². The number of nitrogens with one attached hydrogen (secondary N) is 1. The van der Waals surface area contributed by atoms with Gasteiger partial charge in [0.2, 0.25) is 0 Å². The molecule has 1 amide bonds. The number of nitrogens with zero attached hydrogens (tertiary/aromatic N) is 3. The van der Waals surface area contributed by atoms with Gasteiger partial charge in [-0.05, 0) is 48.0 Å². The second-order valence-electron chi connectivity index (χ2n) is 9.36. The molecule has 0 aliphatic carbocycles. The summed E-state index contributed by atoms with van der Waals surface area (Å²) in [5, 5.41) is 2.65. The number of carbonyl (C=O) groups excluding carboxylic acids is 2. The van der Waals surface area contributed by atoms with Gasteiger partial charge in [-0.2, -0.15) is 0 Å². The summed E-state index contributed by atoms with van der Waals surface area (Å²) >= 11 is 0. The highest BCUT2D eigenvalue weighted by Gasteiger charge is 2.26. The first-order valence-electron chi connectivity index (χ1n) is 12.1. The minimum absolute atomic E-state index is 0.103. The maximum absolute atomic E-state index is 14.2. The molecule has 3 aromatic carbocycles. The molecule has 1 aromatic heterocycles. The van der Waals surface area contributed by atoms with Crippen LogP contribution in [0.2, 0.25) is 0 Å². The average molecular weight is 552 g/mol. The Balaban J connectivity index is 1.65. The number of aromatic nitrogens is 2. The van der Waals surface area contributed by atoms with E-state index in [0.29, 0.717) is 16.5 Å². The fourth-order valence-corrected chi connectivity index (χ4v) is 4.35. The molecule has 0 aliphatic heterocycles. The zero-order chi connectivity index (χ0) is 29.3. The number of benzene rings is 3. The minimum atomic E-state index is -1.29. The number of nitrogens with two attached hydrogens (primary N) is 1. The van der Waals surface area contributed by atoms with Gasteiger partial charge in [-0.15, -0.1) is 0 Å². The SMILES string of the molecule is COC(=O)[C@H](Cc1ccc(-n2c(=O)c3cc(N(C)C)ccc3n(C)c2=O)cc1)NC(=O)c1c(F)cc(N)cc1F. The molecule has 0 radical (unpaired) electrons. The van der Waals surface area contributed by atoms with Crippen LogP contribution in [0.1, 0.15) is 15.9 Å². The first-order valence-corrected chi connectivity index (χ1v) is 12.1. The Kier molecular flexibility index (Phi) is 7.71. The molecule has 1 heterocycles. The molecule has 40 heavy (non-hydrogen) atoms. The maximum atomic E-state index is 14.2. The monoisotopic (exact) mass is 551 g/mol. The largest absolute Gasteiger partial charge is 0.467 e. The van der Waals surface area contributed by atoms with Crippen molar-refractivity contribution in [3.05, 3.63) is 98.2 Å². The third-order valence-electron chi connectivity index (χ3n) is 6.49. The van der Waals surface area contributed by atoms with Crippen LogP contribution in [-0.2, 0) is 23.0 Å². The smallest absolute Gasteiger partial charge is 0.335 e. The molecule has 0 fully saturated rings. The summed E-state index contributed by atoms with van der Waals surface area (Å²) < 4.78 is 35.6. The van der Waals surface area contributed by atoms with Gasteiger partial charge < -0.3 is 20.7 Å². The lowest BCUT2D eigenvalue weighted by atomic mass is 10.0. The summed E-state index contributed by atoms with van der Waals surface area (Å²) in [6, 6.07) is 11.7. The third-order valence-corrected chi connectivity index (χ3v) is 6.49. The number of rotatable bonds is 7. The summed E-state index contributed by atoms with van der Waals surface area (Å²) in [5.74, 6) is -4.36. The second kappa shape index (κ2) is 11.0. The number of hydrogen-bond acceptors (Lipinski definition) is 7. The summed E-state index contributed by atoms with van der Waals surface area (Å²) in [6.07, 6.45) is -0.103. The Labute approximate surface area is 227 Å². The third kappa shape index (κ3) is 5.28. The van der Waals surface area contributed by atoms with Crippen LogP contribution in [0.4, 0.5) is 20.2 Å². The number of hydrogen-bond donors (Lipinski definition) is 2. The normalized spacial score (nSPS) is 11.8. The first-order chi connectivity index (χ1) is 18.9. The highest BCUT2D eigenvalue weighted by molar-refractivity contribution is 5.97. The molecule has 12 heteroatoms. The molecule has 10 nitrogen and oxygen atoms in total. The Morgan fingerprint density at radius 3 is 2.23 bits per heavy atom. The van der Waals surface area contributed by atoms with E-state index in [1.54, 1.807) is 31.3 Å². The van der Waals surface area contributed by atoms with Crippen molar-refractivity contribution in [3.8, 4) is 5.69 Å². The fraction of sp³-hybridized carbons (Fsp3) is 0.214. The number of anilines is 2. The van der Waals surface area contributed by atoms with Crippen LogP contribution < -0.4 is 27.2 Å². The van der Waals surface area contributed by atoms with E-state index in [1.807, 2.05) is 25.1 Å². The highest BCUT2D eigenvalue weighted by Crippen LogP contribution is 2.19. The number of methoxy groups -OCH3 is 1. The number of fused-ring (bicyclic) bond motifs is 1. The average Bonchev–Trinajstić information content (AvgIpc) is 2.91. The summed E-state index contributed by atoms with van der Waals surface area (Å²) in [4.78, 5) is 53.3. The minimum Gasteiger partial charge on any atom is -0.467 e. The molecule has 3 N–H and O–H groups in total. The van der Waals surface area contributed by atoms with E-state index in [0.717, 1.165) is 29.5 Å². The van der Waals surface area contributed by atoms with Crippen LogP contribution in [0, 0.1) is 11.6 Å². The van der Waals surface area contributed by atoms with E-state index < -0.39 is 46.4 Å².